The fourth-order valence-corrected chi connectivity index (χ4v) is 4.26. The predicted molar refractivity (Wildman–Crippen MR) is 103 cm³/mol. The van der Waals surface area contributed by atoms with Crippen LogP contribution in [0.3, 0.4) is 0 Å². The van der Waals surface area contributed by atoms with Crippen LogP contribution in [0.15, 0.2) is 35.4 Å². The van der Waals surface area contributed by atoms with E-state index in [0.29, 0.717) is 23.8 Å². The van der Waals surface area contributed by atoms with Crippen LogP contribution in [0, 0.1) is 13.8 Å². The molecule has 0 fully saturated rings. The molecule has 1 N–H and O–H groups in total. The first kappa shape index (κ1) is 20.4. The van der Waals surface area contributed by atoms with Gasteiger partial charge < -0.3 is 5.32 Å². The van der Waals surface area contributed by atoms with Crippen LogP contribution in [0.1, 0.15) is 35.5 Å². The molecule has 0 spiro atoms. The van der Waals surface area contributed by atoms with Gasteiger partial charge in [0, 0.05) is 30.0 Å². The van der Waals surface area contributed by atoms with Gasteiger partial charge in [0.15, 0.2) is 0 Å². The Bertz CT molecular complexity index is 925. The molecule has 1 aromatic carbocycles. The van der Waals surface area contributed by atoms with E-state index in [9.17, 15) is 13.2 Å². The summed E-state index contributed by atoms with van der Waals surface area (Å²) in [7, 11) is -3.62. The average molecular weight is 396 g/mol. The summed E-state index contributed by atoms with van der Waals surface area (Å²) in [5.74, 6) is -0.451. The molecular formula is C18H22ClN3O3S. The highest BCUT2D eigenvalue weighted by molar-refractivity contribution is 7.89. The number of aryl methyl sites for hydroxylation is 1. The highest BCUT2D eigenvalue weighted by atomic mass is 35.5. The number of sulfonamides is 1. The van der Waals surface area contributed by atoms with Crippen LogP contribution in [0.25, 0.3) is 0 Å². The summed E-state index contributed by atoms with van der Waals surface area (Å²) in [6.07, 6.45) is 1.44. The summed E-state index contributed by atoms with van der Waals surface area (Å²) in [5, 5.41) is 3.14. The zero-order valence-electron chi connectivity index (χ0n) is 15.2. The molecule has 0 saturated carbocycles. The van der Waals surface area contributed by atoms with Crippen molar-refractivity contribution in [3.8, 4) is 0 Å². The van der Waals surface area contributed by atoms with Crippen molar-refractivity contribution < 1.29 is 13.2 Å². The third kappa shape index (κ3) is 4.23. The van der Waals surface area contributed by atoms with E-state index in [1.165, 1.54) is 22.6 Å². The van der Waals surface area contributed by atoms with Crippen LogP contribution >= 0.6 is 11.6 Å². The van der Waals surface area contributed by atoms with Crippen LogP contribution < -0.4 is 5.32 Å². The van der Waals surface area contributed by atoms with E-state index in [1.807, 2.05) is 13.8 Å². The molecule has 2 aromatic rings. The summed E-state index contributed by atoms with van der Waals surface area (Å²) in [4.78, 5) is 16.6. The number of carbonyl (C=O) groups excluding carboxylic acids is 1. The highest BCUT2D eigenvalue weighted by Gasteiger charge is 2.23. The van der Waals surface area contributed by atoms with Crippen molar-refractivity contribution in [2.24, 2.45) is 0 Å². The second-order valence-corrected chi connectivity index (χ2v) is 8.19. The van der Waals surface area contributed by atoms with Crippen LogP contribution in [0.2, 0.25) is 5.02 Å². The molecule has 0 aliphatic rings. The Balaban J connectivity index is 2.44. The maximum absolute atomic E-state index is 12.8. The first-order valence-electron chi connectivity index (χ1n) is 8.25. The molecule has 1 aromatic heterocycles. The van der Waals surface area contributed by atoms with Gasteiger partial charge in [-0.25, -0.2) is 8.42 Å². The zero-order valence-corrected chi connectivity index (χ0v) is 16.8. The third-order valence-electron chi connectivity index (χ3n) is 4.19. The largest absolute Gasteiger partial charge is 0.320 e. The Hall–Kier alpha value is -1.96. The molecule has 0 bridgehead atoms. The molecule has 140 valence electrons. The molecule has 2 rings (SSSR count). The monoisotopic (exact) mass is 395 g/mol. The van der Waals surface area contributed by atoms with Crippen LogP contribution in [-0.4, -0.2) is 36.7 Å². The van der Waals surface area contributed by atoms with Gasteiger partial charge in [-0.15, -0.1) is 0 Å². The number of nitrogens with zero attached hydrogens (tertiary/aromatic N) is 2. The van der Waals surface area contributed by atoms with Gasteiger partial charge in [0.1, 0.15) is 5.69 Å². The first-order valence-corrected chi connectivity index (χ1v) is 10.1. The summed E-state index contributed by atoms with van der Waals surface area (Å²) in [5.41, 5.74) is 2.15. The number of hydrogen-bond donors (Lipinski definition) is 1. The van der Waals surface area contributed by atoms with Crippen molar-refractivity contribution in [3.05, 3.63) is 52.3 Å². The van der Waals surface area contributed by atoms with Crippen LogP contribution in [0.5, 0.6) is 0 Å². The van der Waals surface area contributed by atoms with Gasteiger partial charge in [-0.3, -0.25) is 9.78 Å². The number of anilines is 1. The highest BCUT2D eigenvalue weighted by Crippen LogP contribution is 2.26. The van der Waals surface area contributed by atoms with Crippen molar-refractivity contribution in [2.45, 2.75) is 32.6 Å². The molecule has 0 saturated heterocycles. The van der Waals surface area contributed by atoms with Gasteiger partial charge >= 0.3 is 0 Å². The van der Waals surface area contributed by atoms with Gasteiger partial charge in [0.05, 0.1) is 4.90 Å². The van der Waals surface area contributed by atoms with E-state index in [2.05, 4.69) is 10.3 Å². The van der Waals surface area contributed by atoms with E-state index in [1.54, 1.807) is 26.0 Å². The number of aromatic nitrogens is 1. The maximum atomic E-state index is 12.8. The van der Waals surface area contributed by atoms with E-state index < -0.39 is 15.9 Å². The molecular weight excluding hydrogens is 374 g/mol. The van der Waals surface area contributed by atoms with E-state index in [0.717, 1.165) is 11.1 Å². The topological polar surface area (TPSA) is 79.4 Å². The standard InChI is InChI=1S/C18H22ClN3O3S/c1-5-22(6-2)26(24,25)15-9-12(3)13(4)16(11-15)21-18(23)17-10-14(19)7-8-20-17/h7-11H,5-6H2,1-4H3,(H,21,23). The molecule has 26 heavy (non-hydrogen) atoms. The summed E-state index contributed by atoms with van der Waals surface area (Å²) >= 11 is 5.90. The summed E-state index contributed by atoms with van der Waals surface area (Å²) < 4.78 is 27.0. The third-order valence-corrected chi connectivity index (χ3v) is 6.45. The van der Waals surface area contributed by atoms with Crippen LogP contribution in [-0.2, 0) is 10.0 Å². The molecule has 6 nitrogen and oxygen atoms in total. The second kappa shape index (κ2) is 8.16. The molecule has 0 aliphatic heterocycles. The van der Waals surface area contributed by atoms with Crippen molar-refractivity contribution >= 4 is 33.2 Å². The first-order chi connectivity index (χ1) is 12.2. The molecule has 1 heterocycles. The number of amides is 1. The van der Waals surface area contributed by atoms with Crippen LogP contribution in [0.4, 0.5) is 5.69 Å². The lowest BCUT2D eigenvalue weighted by Gasteiger charge is -2.20. The van der Waals surface area contributed by atoms with E-state index in [4.69, 9.17) is 11.6 Å². The Morgan fingerprint density at radius 1 is 1.19 bits per heavy atom. The second-order valence-electron chi connectivity index (χ2n) is 5.82. The molecule has 0 unspecified atom stereocenters. The van der Waals surface area contributed by atoms with Gasteiger partial charge in [-0.1, -0.05) is 25.4 Å². The minimum Gasteiger partial charge on any atom is -0.320 e. The normalized spacial score (nSPS) is 11.6. The van der Waals surface area contributed by atoms with Crippen molar-refractivity contribution in [1.29, 1.82) is 0 Å². The predicted octanol–water partition coefficient (Wildman–Crippen LogP) is 3.63. The SMILES string of the molecule is CCN(CC)S(=O)(=O)c1cc(C)c(C)c(NC(=O)c2cc(Cl)ccn2)c1. The summed E-state index contributed by atoms with van der Waals surface area (Å²) in [6, 6.07) is 6.13. The number of halogens is 1. The lowest BCUT2D eigenvalue weighted by molar-refractivity contribution is 0.102. The Kier molecular flexibility index (Phi) is 6.39. The number of hydrogen-bond acceptors (Lipinski definition) is 4. The Morgan fingerprint density at radius 2 is 1.85 bits per heavy atom. The fourth-order valence-electron chi connectivity index (χ4n) is 2.53. The molecule has 8 heteroatoms. The number of carbonyl (C=O) groups is 1. The number of pyridine rings is 1. The van der Waals surface area contributed by atoms with Crippen molar-refractivity contribution in [3.63, 3.8) is 0 Å². The number of benzene rings is 1. The Morgan fingerprint density at radius 3 is 2.42 bits per heavy atom. The minimum absolute atomic E-state index is 0.152. The van der Waals surface area contributed by atoms with Gasteiger partial charge in [0.25, 0.3) is 5.91 Å². The van der Waals surface area contributed by atoms with E-state index in [-0.39, 0.29) is 10.6 Å². The molecule has 1 amide bonds. The molecule has 0 atom stereocenters. The smallest absolute Gasteiger partial charge is 0.274 e. The average Bonchev–Trinajstić information content (AvgIpc) is 2.59. The lowest BCUT2D eigenvalue weighted by atomic mass is 10.1. The molecule has 0 radical (unpaired) electrons. The van der Waals surface area contributed by atoms with Crippen molar-refractivity contribution in [2.75, 3.05) is 18.4 Å². The van der Waals surface area contributed by atoms with Gasteiger partial charge in [-0.2, -0.15) is 4.31 Å². The van der Waals surface area contributed by atoms with Crippen molar-refractivity contribution in [1.82, 2.24) is 9.29 Å². The number of nitrogens with one attached hydrogen (secondary N) is 1. The molecule has 0 aliphatic carbocycles. The zero-order chi connectivity index (χ0) is 19.5. The fraction of sp³-hybridized carbons (Fsp3) is 0.333. The van der Waals surface area contributed by atoms with E-state index >= 15 is 0 Å². The Labute approximate surface area is 159 Å². The van der Waals surface area contributed by atoms with Gasteiger partial charge in [-0.05, 0) is 49.2 Å². The minimum atomic E-state index is -3.62. The maximum Gasteiger partial charge on any atom is 0.274 e. The lowest BCUT2D eigenvalue weighted by Crippen LogP contribution is -2.30. The quantitative estimate of drug-likeness (QED) is 0.809. The number of rotatable bonds is 6. The summed E-state index contributed by atoms with van der Waals surface area (Å²) in [6.45, 7) is 7.96. The van der Waals surface area contributed by atoms with Gasteiger partial charge in [0.2, 0.25) is 10.0 Å².